The van der Waals surface area contributed by atoms with E-state index in [1.165, 1.54) is 5.69 Å². The van der Waals surface area contributed by atoms with Crippen LogP contribution in [0.15, 0.2) is 60.7 Å². The highest BCUT2D eigenvalue weighted by Crippen LogP contribution is 2.16. The molecule has 0 unspecified atom stereocenters. The van der Waals surface area contributed by atoms with Crippen molar-refractivity contribution in [3.05, 3.63) is 60.7 Å². The number of para-hydroxylation sites is 2. The highest BCUT2D eigenvalue weighted by atomic mass is 16.2. The summed E-state index contributed by atoms with van der Waals surface area (Å²) in [4.78, 5) is 18.9. The summed E-state index contributed by atoms with van der Waals surface area (Å²) < 4.78 is 0. The van der Waals surface area contributed by atoms with Gasteiger partial charge in [-0.05, 0) is 24.3 Å². The zero-order valence-electron chi connectivity index (χ0n) is 14.3. The monoisotopic (exact) mass is 323 g/mol. The van der Waals surface area contributed by atoms with Crippen LogP contribution < -0.4 is 9.80 Å². The van der Waals surface area contributed by atoms with Crippen LogP contribution in [0.4, 0.5) is 11.4 Å². The Balaban J connectivity index is 1.45. The molecule has 0 aromatic heterocycles. The van der Waals surface area contributed by atoms with Gasteiger partial charge in [0, 0.05) is 57.6 Å². The van der Waals surface area contributed by atoms with Gasteiger partial charge in [0.2, 0.25) is 5.91 Å². The minimum absolute atomic E-state index is 0.255. The first-order chi connectivity index (χ1) is 11.7. The maximum atomic E-state index is 12.5. The SMILES string of the molecule is CN(CCC(=O)N1CCN(c2ccccc2)CC1)c1ccccc1. The molecule has 1 aliphatic rings. The number of carbonyl (C=O) groups is 1. The van der Waals surface area contributed by atoms with E-state index in [0.717, 1.165) is 38.4 Å². The molecule has 1 amide bonds. The predicted molar refractivity (Wildman–Crippen MR) is 99.6 cm³/mol. The first-order valence-electron chi connectivity index (χ1n) is 8.58. The zero-order chi connectivity index (χ0) is 16.8. The molecule has 0 radical (unpaired) electrons. The van der Waals surface area contributed by atoms with Crippen molar-refractivity contribution in [1.82, 2.24) is 4.90 Å². The van der Waals surface area contributed by atoms with Gasteiger partial charge in [0.1, 0.15) is 0 Å². The Morgan fingerprint density at radius 3 is 2.12 bits per heavy atom. The highest BCUT2D eigenvalue weighted by Gasteiger charge is 2.21. The lowest BCUT2D eigenvalue weighted by Gasteiger charge is -2.36. The van der Waals surface area contributed by atoms with Crippen LogP contribution >= 0.6 is 0 Å². The third-order valence-corrected chi connectivity index (χ3v) is 4.61. The predicted octanol–water partition coefficient (Wildman–Crippen LogP) is 2.86. The van der Waals surface area contributed by atoms with Gasteiger partial charge in [-0.2, -0.15) is 0 Å². The van der Waals surface area contributed by atoms with Crippen molar-refractivity contribution < 1.29 is 4.79 Å². The Morgan fingerprint density at radius 1 is 0.917 bits per heavy atom. The summed E-state index contributed by atoms with van der Waals surface area (Å²) in [7, 11) is 2.04. The molecule has 2 aromatic carbocycles. The smallest absolute Gasteiger partial charge is 0.224 e. The van der Waals surface area contributed by atoms with Gasteiger partial charge in [0.25, 0.3) is 0 Å². The van der Waals surface area contributed by atoms with Crippen LogP contribution in [-0.4, -0.2) is 50.6 Å². The molecule has 4 nitrogen and oxygen atoms in total. The molecule has 1 saturated heterocycles. The van der Waals surface area contributed by atoms with Gasteiger partial charge in [-0.15, -0.1) is 0 Å². The first-order valence-corrected chi connectivity index (χ1v) is 8.58. The van der Waals surface area contributed by atoms with Crippen LogP contribution in [0.25, 0.3) is 0 Å². The highest BCUT2D eigenvalue weighted by molar-refractivity contribution is 5.77. The van der Waals surface area contributed by atoms with E-state index < -0.39 is 0 Å². The second-order valence-corrected chi connectivity index (χ2v) is 6.21. The van der Waals surface area contributed by atoms with E-state index in [0.29, 0.717) is 6.42 Å². The Labute approximate surface area is 144 Å². The topological polar surface area (TPSA) is 26.8 Å². The molecular formula is C20H25N3O. The summed E-state index contributed by atoms with van der Waals surface area (Å²) in [6.07, 6.45) is 0.566. The second kappa shape index (κ2) is 7.86. The maximum Gasteiger partial charge on any atom is 0.224 e. The normalized spacial score (nSPS) is 14.5. The number of rotatable bonds is 5. The number of piperazine rings is 1. The molecule has 3 rings (SSSR count). The number of benzene rings is 2. The van der Waals surface area contributed by atoms with Crippen molar-refractivity contribution in [2.45, 2.75) is 6.42 Å². The van der Waals surface area contributed by atoms with Crippen LogP contribution in [0.2, 0.25) is 0 Å². The van der Waals surface area contributed by atoms with Crippen LogP contribution in [0.1, 0.15) is 6.42 Å². The average Bonchev–Trinajstić information content (AvgIpc) is 2.67. The van der Waals surface area contributed by atoms with Crippen molar-refractivity contribution in [2.75, 3.05) is 49.6 Å². The molecule has 1 aliphatic heterocycles. The quantitative estimate of drug-likeness (QED) is 0.846. The fraction of sp³-hybridized carbons (Fsp3) is 0.350. The maximum absolute atomic E-state index is 12.5. The van der Waals surface area contributed by atoms with Gasteiger partial charge in [-0.3, -0.25) is 4.79 Å². The molecule has 0 bridgehead atoms. The first kappa shape index (κ1) is 16.4. The molecule has 0 N–H and O–H groups in total. The Kier molecular flexibility index (Phi) is 5.36. The number of anilines is 2. The van der Waals surface area contributed by atoms with Crippen LogP contribution in [0, 0.1) is 0 Å². The lowest BCUT2D eigenvalue weighted by Crippen LogP contribution is -2.49. The van der Waals surface area contributed by atoms with Crippen molar-refractivity contribution in [2.24, 2.45) is 0 Å². The fourth-order valence-corrected chi connectivity index (χ4v) is 3.09. The third-order valence-electron chi connectivity index (χ3n) is 4.61. The van der Waals surface area contributed by atoms with Crippen LogP contribution in [-0.2, 0) is 4.79 Å². The molecule has 0 saturated carbocycles. The van der Waals surface area contributed by atoms with E-state index in [1.807, 2.05) is 36.2 Å². The Morgan fingerprint density at radius 2 is 1.50 bits per heavy atom. The summed E-state index contributed by atoms with van der Waals surface area (Å²) in [5, 5.41) is 0. The lowest BCUT2D eigenvalue weighted by atomic mass is 10.2. The van der Waals surface area contributed by atoms with Gasteiger partial charge in [0.15, 0.2) is 0 Å². The van der Waals surface area contributed by atoms with E-state index in [9.17, 15) is 4.79 Å². The van der Waals surface area contributed by atoms with E-state index in [2.05, 4.69) is 46.2 Å². The largest absolute Gasteiger partial charge is 0.374 e. The second-order valence-electron chi connectivity index (χ2n) is 6.21. The van der Waals surface area contributed by atoms with Crippen molar-refractivity contribution in [3.63, 3.8) is 0 Å². The number of carbonyl (C=O) groups excluding carboxylic acids is 1. The van der Waals surface area contributed by atoms with Gasteiger partial charge in [0.05, 0.1) is 0 Å². The van der Waals surface area contributed by atoms with Gasteiger partial charge >= 0.3 is 0 Å². The Hall–Kier alpha value is -2.49. The molecule has 1 heterocycles. The van der Waals surface area contributed by atoms with E-state index in [4.69, 9.17) is 0 Å². The molecule has 4 heteroatoms. The van der Waals surface area contributed by atoms with Crippen LogP contribution in [0.3, 0.4) is 0 Å². The van der Waals surface area contributed by atoms with Crippen molar-refractivity contribution in [3.8, 4) is 0 Å². The lowest BCUT2D eigenvalue weighted by molar-refractivity contribution is -0.131. The number of nitrogens with zero attached hydrogens (tertiary/aromatic N) is 3. The standard InChI is InChI=1S/C20H25N3O/c1-21(18-8-4-2-5-9-18)13-12-20(24)23-16-14-22(15-17-23)19-10-6-3-7-11-19/h2-11H,12-17H2,1H3. The van der Waals surface area contributed by atoms with E-state index in [-0.39, 0.29) is 5.91 Å². The summed E-state index contributed by atoms with van der Waals surface area (Å²) in [6, 6.07) is 20.6. The van der Waals surface area contributed by atoms with E-state index >= 15 is 0 Å². The average molecular weight is 323 g/mol. The summed E-state index contributed by atoms with van der Waals surface area (Å²) in [5.74, 6) is 0.255. The zero-order valence-corrected chi connectivity index (χ0v) is 14.3. The van der Waals surface area contributed by atoms with Gasteiger partial charge in [-0.25, -0.2) is 0 Å². The number of amides is 1. The molecule has 0 spiro atoms. The number of hydrogen-bond acceptors (Lipinski definition) is 3. The summed E-state index contributed by atoms with van der Waals surface area (Å²) in [5.41, 5.74) is 2.40. The van der Waals surface area contributed by atoms with Gasteiger partial charge in [-0.1, -0.05) is 36.4 Å². The van der Waals surface area contributed by atoms with Crippen molar-refractivity contribution >= 4 is 17.3 Å². The molecule has 126 valence electrons. The summed E-state index contributed by atoms with van der Waals surface area (Å²) in [6.45, 7) is 4.18. The van der Waals surface area contributed by atoms with Crippen LogP contribution in [0.5, 0.6) is 0 Å². The fourth-order valence-electron chi connectivity index (χ4n) is 3.09. The van der Waals surface area contributed by atoms with Gasteiger partial charge < -0.3 is 14.7 Å². The van der Waals surface area contributed by atoms with E-state index in [1.54, 1.807) is 0 Å². The van der Waals surface area contributed by atoms with Crippen molar-refractivity contribution in [1.29, 1.82) is 0 Å². The number of hydrogen-bond donors (Lipinski definition) is 0. The summed E-state index contributed by atoms with van der Waals surface area (Å²) >= 11 is 0. The molecule has 1 fully saturated rings. The molecule has 24 heavy (non-hydrogen) atoms. The molecule has 0 atom stereocenters. The molecule has 0 aliphatic carbocycles. The minimum Gasteiger partial charge on any atom is -0.374 e. The third kappa shape index (κ3) is 4.07. The minimum atomic E-state index is 0.255. The molecular weight excluding hydrogens is 298 g/mol. The molecule has 2 aromatic rings. The Bertz CT molecular complexity index is 636.